The van der Waals surface area contributed by atoms with Crippen LogP contribution in [0.5, 0.6) is 0 Å². The molecule has 0 aromatic rings. The lowest BCUT2D eigenvalue weighted by Crippen LogP contribution is -2.23. The molecule has 12 heavy (non-hydrogen) atoms. The first-order valence-corrected chi connectivity index (χ1v) is 5.29. The van der Waals surface area contributed by atoms with Crippen molar-refractivity contribution in [1.29, 1.82) is 10.5 Å². The molecule has 0 N–H and O–H groups in total. The van der Waals surface area contributed by atoms with Gasteiger partial charge in [0.15, 0.2) is 10.9 Å². The lowest BCUT2D eigenvalue weighted by Gasteiger charge is -2.23. The molecule has 0 radical (unpaired) electrons. The van der Waals surface area contributed by atoms with Crippen molar-refractivity contribution in [2.45, 2.75) is 10.9 Å². The molecule has 1 fully saturated rings. The third-order valence-electron chi connectivity index (χ3n) is 1.20. The Bertz CT molecular complexity index is 191. The van der Waals surface area contributed by atoms with E-state index in [0.29, 0.717) is 11.5 Å². The highest BCUT2D eigenvalue weighted by Crippen LogP contribution is 2.30. The second-order valence-corrected chi connectivity index (χ2v) is 4.33. The molecule has 6 heteroatoms. The molecule has 0 aliphatic carbocycles. The first-order valence-electron chi connectivity index (χ1n) is 3.19. The van der Waals surface area contributed by atoms with Gasteiger partial charge in [-0.3, -0.25) is 0 Å². The summed E-state index contributed by atoms with van der Waals surface area (Å²) < 4.78 is 9.44. The van der Waals surface area contributed by atoms with Crippen molar-refractivity contribution in [3.8, 4) is 12.5 Å². The lowest BCUT2D eigenvalue weighted by atomic mass is 10.8. The number of hydrogen-bond acceptors (Lipinski definition) is 6. The lowest BCUT2D eigenvalue weighted by molar-refractivity contribution is 0.241. The van der Waals surface area contributed by atoms with E-state index in [2.05, 4.69) is 0 Å². The van der Waals surface area contributed by atoms with Crippen LogP contribution in [0.3, 0.4) is 0 Å². The second kappa shape index (κ2) is 5.02. The summed E-state index contributed by atoms with van der Waals surface area (Å²) in [6, 6.07) is 0. The summed E-state index contributed by atoms with van der Waals surface area (Å²) in [5.74, 6) is 1.37. The van der Waals surface area contributed by atoms with Crippen LogP contribution in [0.2, 0.25) is 0 Å². The maximum absolute atomic E-state index is 8.21. The first kappa shape index (κ1) is 9.37. The SMILES string of the molecule is N#COC1CSC(OC#N)CS1. The zero-order valence-corrected chi connectivity index (χ0v) is 7.73. The molecule has 2 unspecified atom stereocenters. The minimum Gasteiger partial charge on any atom is -0.412 e. The average molecular weight is 202 g/mol. The number of nitrogens with zero attached hydrogens (tertiary/aromatic N) is 2. The van der Waals surface area contributed by atoms with Crippen LogP contribution in [0, 0.1) is 23.0 Å². The van der Waals surface area contributed by atoms with E-state index in [1.165, 1.54) is 23.5 Å². The summed E-state index contributed by atoms with van der Waals surface area (Å²) in [5, 5.41) is 16.4. The van der Waals surface area contributed by atoms with Gasteiger partial charge in [-0.15, -0.1) is 23.5 Å². The number of nitriles is 2. The van der Waals surface area contributed by atoms with Crippen LogP contribution in [-0.2, 0) is 9.47 Å². The molecule has 1 heterocycles. The number of ether oxygens (including phenoxy) is 2. The van der Waals surface area contributed by atoms with Crippen molar-refractivity contribution in [2.75, 3.05) is 11.5 Å². The molecule has 4 nitrogen and oxygen atoms in total. The standard InChI is InChI=1S/C6H6N2O2S2/c7-3-9-5-1-11-6(2-12-5)10-4-8/h5-6H,1-2H2. The predicted molar refractivity (Wildman–Crippen MR) is 45.9 cm³/mol. The number of rotatable bonds is 2. The monoisotopic (exact) mass is 202 g/mol. The minimum absolute atomic E-state index is 0.0847. The molecule has 0 spiro atoms. The summed E-state index contributed by atoms with van der Waals surface area (Å²) in [6.07, 6.45) is 3.29. The minimum atomic E-state index is -0.0847. The van der Waals surface area contributed by atoms with Gasteiger partial charge in [0.05, 0.1) is 0 Å². The third kappa shape index (κ3) is 2.72. The highest BCUT2D eigenvalue weighted by atomic mass is 32.2. The molecule has 1 saturated heterocycles. The molecule has 0 amide bonds. The fraction of sp³-hybridized carbons (Fsp3) is 0.667. The number of thioether (sulfide) groups is 2. The average Bonchev–Trinajstić information content (AvgIpc) is 2.09. The smallest absolute Gasteiger partial charge is 0.287 e. The van der Waals surface area contributed by atoms with Gasteiger partial charge in [-0.05, 0) is 0 Å². The molecular formula is C6H6N2O2S2. The van der Waals surface area contributed by atoms with Crippen LogP contribution in [0.25, 0.3) is 0 Å². The van der Waals surface area contributed by atoms with Crippen LogP contribution in [0.15, 0.2) is 0 Å². The van der Waals surface area contributed by atoms with Gasteiger partial charge in [-0.1, -0.05) is 0 Å². The molecular weight excluding hydrogens is 196 g/mol. The van der Waals surface area contributed by atoms with Crippen molar-refractivity contribution in [1.82, 2.24) is 0 Å². The van der Waals surface area contributed by atoms with Gasteiger partial charge in [0, 0.05) is 11.5 Å². The van der Waals surface area contributed by atoms with E-state index in [9.17, 15) is 0 Å². The van der Waals surface area contributed by atoms with E-state index in [4.69, 9.17) is 20.0 Å². The van der Waals surface area contributed by atoms with Crippen molar-refractivity contribution < 1.29 is 9.47 Å². The Balaban J connectivity index is 2.22. The van der Waals surface area contributed by atoms with Crippen molar-refractivity contribution in [3.63, 3.8) is 0 Å². The maximum atomic E-state index is 8.21. The maximum Gasteiger partial charge on any atom is 0.287 e. The van der Waals surface area contributed by atoms with Crippen molar-refractivity contribution in [3.05, 3.63) is 0 Å². The van der Waals surface area contributed by atoms with Gasteiger partial charge >= 0.3 is 0 Å². The zero-order chi connectivity index (χ0) is 8.81. The van der Waals surface area contributed by atoms with Gasteiger partial charge in [0.1, 0.15) is 0 Å². The fourth-order valence-electron chi connectivity index (χ4n) is 0.722. The van der Waals surface area contributed by atoms with Gasteiger partial charge in [-0.25, -0.2) is 0 Å². The Hall–Kier alpha value is -0.720. The summed E-state index contributed by atoms with van der Waals surface area (Å²) >= 11 is 2.99. The van der Waals surface area contributed by atoms with Gasteiger partial charge < -0.3 is 9.47 Å². The molecule has 0 saturated carbocycles. The molecule has 0 bridgehead atoms. The van der Waals surface area contributed by atoms with E-state index in [0.717, 1.165) is 0 Å². The van der Waals surface area contributed by atoms with E-state index >= 15 is 0 Å². The largest absolute Gasteiger partial charge is 0.412 e. The van der Waals surface area contributed by atoms with Gasteiger partial charge in [0.25, 0.3) is 12.5 Å². The second-order valence-electron chi connectivity index (χ2n) is 1.94. The van der Waals surface area contributed by atoms with Crippen LogP contribution in [0.1, 0.15) is 0 Å². The normalized spacial score (nSPS) is 28.2. The topological polar surface area (TPSA) is 66.0 Å². The summed E-state index contributed by atoms with van der Waals surface area (Å²) in [7, 11) is 0. The molecule has 2 atom stereocenters. The molecule has 1 aliphatic heterocycles. The molecule has 64 valence electrons. The quantitative estimate of drug-likeness (QED) is 0.625. The Morgan fingerprint density at radius 3 is 1.67 bits per heavy atom. The van der Waals surface area contributed by atoms with Crippen LogP contribution in [-0.4, -0.2) is 22.4 Å². The number of hydrogen-bond donors (Lipinski definition) is 0. The van der Waals surface area contributed by atoms with Crippen molar-refractivity contribution >= 4 is 23.5 Å². The molecule has 0 aromatic carbocycles. The zero-order valence-electron chi connectivity index (χ0n) is 6.10. The first-order chi connectivity index (χ1) is 5.86. The van der Waals surface area contributed by atoms with Gasteiger partial charge in [-0.2, -0.15) is 10.5 Å². The van der Waals surface area contributed by atoms with E-state index in [1.807, 2.05) is 0 Å². The van der Waals surface area contributed by atoms with Crippen LogP contribution in [0.4, 0.5) is 0 Å². The van der Waals surface area contributed by atoms with Crippen LogP contribution < -0.4 is 0 Å². The summed E-state index contributed by atoms with van der Waals surface area (Å²) in [6.45, 7) is 0. The molecule has 1 aliphatic rings. The molecule has 1 rings (SSSR count). The Kier molecular flexibility index (Phi) is 3.92. The third-order valence-corrected chi connectivity index (χ3v) is 3.89. The predicted octanol–water partition coefficient (Wildman–Crippen LogP) is 1.11. The van der Waals surface area contributed by atoms with Crippen LogP contribution >= 0.6 is 23.5 Å². The Labute approximate surface area is 78.8 Å². The fourth-order valence-corrected chi connectivity index (χ4v) is 3.06. The summed E-state index contributed by atoms with van der Waals surface area (Å²) in [4.78, 5) is 0. The van der Waals surface area contributed by atoms with Gasteiger partial charge in [0.2, 0.25) is 0 Å². The van der Waals surface area contributed by atoms with E-state index < -0.39 is 0 Å². The highest BCUT2D eigenvalue weighted by Gasteiger charge is 2.24. The Morgan fingerprint density at radius 1 is 1.00 bits per heavy atom. The summed E-state index contributed by atoms with van der Waals surface area (Å²) in [5.41, 5.74) is -0.169. The Morgan fingerprint density at radius 2 is 1.42 bits per heavy atom. The van der Waals surface area contributed by atoms with E-state index in [1.54, 1.807) is 12.5 Å². The van der Waals surface area contributed by atoms with E-state index in [-0.39, 0.29) is 10.9 Å². The highest BCUT2D eigenvalue weighted by molar-refractivity contribution is 8.06. The van der Waals surface area contributed by atoms with Crippen molar-refractivity contribution in [2.24, 2.45) is 0 Å². The molecule has 0 aromatic heterocycles.